The minimum absolute atomic E-state index is 0.0360. The lowest BCUT2D eigenvalue weighted by molar-refractivity contribution is -0.122. The Kier molecular flexibility index (Phi) is 6.08. The molecule has 0 bridgehead atoms. The van der Waals surface area contributed by atoms with Crippen LogP contribution in [0, 0.1) is 0 Å². The molecular weight excluding hydrogens is 420 g/mol. The lowest BCUT2D eigenvalue weighted by Crippen LogP contribution is -2.32. The molecule has 0 saturated heterocycles. The average molecular weight is 445 g/mol. The van der Waals surface area contributed by atoms with Crippen molar-refractivity contribution in [3.8, 4) is 5.75 Å². The zero-order valence-electron chi connectivity index (χ0n) is 16.6. The molecule has 0 fully saturated rings. The van der Waals surface area contributed by atoms with Crippen molar-refractivity contribution < 1.29 is 14.3 Å². The minimum Gasteiger partial charge on any atom is -0.481 e. The van der Waals surface area contributed by atoms with Gasteiger partial charge in [-0.3, -0.25) is 9.59 Å². The number of carbonyl (C=O) groups is 2. The average Bonchev–Trinajstić information content (AvgIpc) is 3.06. The summed E-state index contributed by atoms with van der Waals surface area (Å²) in [5.41, 5.74) is 3.65. The van der Waals surface area contributed by atoms with Crippen LogP contribution in [0.15, 0.2) is 40.9 Å². The Morgan fingerprint density at radius 2 is 1.82 bits per heavy atom. The van der Waals surface area contributed by atoms with Crippen LogP contribution in [-0.2, 0) is 16.0 Å². The molecule has 2 amide bonds. The van der Waals surface area contributed by atoms with E-state index in [0.29, 0.717) is 23.9 Å². The summed E-state index contributed by atoms with van der Waals surface area (Å²) in [6, 6.07) is 11.6. The van der Waals surface area contributed by atoms with Crippen LogP contribution in [-0.4, -0.2) is 24.5 Å². The molecule has 1 aliphatic heterocycles. The first-order valence-electron chi connectivity index (χ1n) is 9.44. The summed E-state index contributed by atoms with van der Waals surface area (Å²) in [4.78, 5) is 26.4. The fourth-order valence-electron chi connectivity index (χ4n) is 3.34. The fourth-order valence-corrected chi connectivity index (χ4v) is 3.85. The van der Waals surface area contributed by atoms with Gasteiger partial charge in [0.1, 0.15) is 5.75 Å². The molecule has 5 nitrogen and oxygen atoms in total. The third kappa shape index (κ3) is 4.38. The summed E-state index contributed by atoms with van der Waals surface area (Å²) in [6.45, 7) is 8.14. The maximum Gasteiger partial charge on any atom is 0.265 e. The topological polar surface area (TPSA) is 58.6 Å². The fraction of sp³-hybridized carbons (Fsp3) is 0.364. The first-order chi connectivity index (χ1) is 13.3. The zero-order chi connectivity index (χ0) is 20.4. The second-order valence-electron chi connectivity index (χ2n) is 7.35. The van der Waals surface area contributed by atoms with E-state index in [4.69, 9.17) is 4.74 Å². The Morgan fingerprint density at radius 1 is 1.14 bits per heavy atom. The van der Waals surface area contributed by atoms with E-state index in [1.54, 1.807) is 11.8 Å². The Labute approximate surface area is 174 Å². The summed E-state index contributed by atoms with van der Waals surface area (Å²) >= 11 is 3.49. The SMILES string of the molecule is CC(=O)N1CCc2cc(Br)cc(NC(=O)C(C)Oc3ccc(C(C)C)cc3)c21. The van der Waals surface area contributed by atoms with Gasteiger partial charge < -0.3 is 15.0 Å². The third-order valence-corrected chi connectivity index (χ3v) is 5.35. The number of halogens is 1. The molecule has 1 unspecified atom stereocenters. The molecule has 0 radical (unpaired) electrons. The lowest BCUT2D eigenvalue weighted by atomic mass is 10.0. The van der Waals surface area contributed by atoms with Crippen molar-refractivity contribution in [1.82, 2.24) is 0 Å². The van der Waals surface area contributed by atoms with Gasteiger partial charge in [-0.15, -0.1) is 0 Å². The summed E-state index contributed by atoms with van der Waals surface area (Å²) in [5, 5.41) is 2.93. The van der Waals surface area contributed by atoms with Crippen molar-refractivity contribution in [3.05, 3.63) is 52.0 Å². The van der Waals surface area contributed by atoms with E-state index in [1.165, 1.54) is 12.5 Å². The van der Waals surface area contributed by atoms with Crippen LogP contribution < -0.4 is 15.0 Å². The second kappa shape index (κ2) is 8.35. The molecule has 28 heavy (non-hydrogen) atoms. The van der Waals surface area contributed by atoms with Gasteiger partial charge in [0, 0.05) is 17.9 Å². The largest absolute Gasteiger partial charge is 0.481 e. The molecule has 1 atom stereocenters. The molecule has 0 aromatic heterocycles. The molecule has 3 rings (SSSR count). The van der Waals surface area contributed by atoms with Gasteiger partial charge >= 0.3 is 0 Å². The van der Waals surface area contributed by atoms with Crippen molar-refractivity contribution in [1.29, 1.82) is 0 Å². The molecule has 2 aromatic carbocycles. The summed E-state index contributed by atoms with van der Waals surface area (Å²) in [5.74, 6) is 0.796. The lowest BCUT2D eigenvalue weighted by Gasteiger charge is -2.21. The standard InChI is InChI=1S/C22H25BrN2O3/c1-13(2)16-5-7-19(8-6-16)28-14(3)22(27)24-20-12-18(23)11-17-9-10-25(15(4)26)21(17)20/h5-8,11-14H,9-10H2,1-4H3,(H,24,27). The van der Waals surface area contributed by atoms with E-state index in [0.717, 1.165) is 22.1 Å². The number of amides is 2. The quantitative estimate of drug-likeness (QED) is 0.713. The Hall–Kier alpha value is -2.34. The monoisotopic (exact) mass is 444 g/mol. The van der Waals surface area contributed by atoms with E-state index < -0.39 is 6.10 Å². The van der Waals surface area contributed by atoms with Crippen molar-refractivity contribution >= 4 is 39.1 Å². The number of ether oxygens (including phenoxy) is 1. The van der Waals surface area contributed by atoms with Gasteiger partial charge in [-0.05, 0) is 54.7 Å². The molecule has 0 saturated carbocycles. The number of carbonyl (C=O) groups excluding carboxylic acids is 2. The minimum atomic E-state index is -0.674. The maximum atomic E-state index is 12.7. The molecule has 2 aromatic rings. The van der Waals surface area contributed by atoms with Crippen LogP contribution in [0.3, 0.4) is 0 Å². The predicted molar refractivity (Wildman–Crippen MR) is 115 cm³/mol. The molecule has 1 aliphatic rings. The molecule has 1 heterocycles. The van der Waals surface area contributed by atoms with Gasteiger partial charge in [-0.2, -0.15) is 0 Å². The van der Waals surface area contributed by atoms with Gasteiger partial charge in [-0.25, -0.2) is 0 Å². The van der Waals surface area contributed by atoms with Crippen molar-refractivity contribution in [3.63, 3.8) is 0 Å². The van der Waals surface area contributed by atoms with E-state index >= 15 is 0 Å². The number of benzene rings is 2. The van der Waals surface area contributed by atoms with Crippen LogP contribution in [0.25, 0.3) is 0 Å². The number of rotatable bonds is 5. The Bertz CT molecular complexity index is 893. The van der Waals surface area contributed by atoms with Gasteiger partial charge in [0.25, 0.3) is 5.91 Å². The van der Waals surface area contributed by atoms with Gasteiger partial charge in [0.05, 0.1) is 11.4 Å². The van der Waals surface area contributed by atoms with Crippen molar-refractivity contribution in [2.75, 3.05) is 16.8 Å². The molecule has 148 valence electrons. The van der Waals surface area contributed by atoms with E-state index in [1.807, 2.05) is 36.4 Å². The normalized spacial score (nSPS) is 14.0. The molecular formula is C22H25BrN2O3. The van der Waals surface area contributed by atoms with Gasteiger partial charge in [0.2, 0.25) is 5.91 Å². The highest BCUT2D eigenvalue weighted by Crippen LogP contribution is 2.38. The number of hydrogen-bond donors (Lipinski definition) is 1. The first kappa shape index (κ1) is 20.4. The van der Waals surface area contributed by atoms with Crippen LogP contribution >= 0.6 is 15.9 Å². The first-order valence-corrected chi connectivity index (χ1v) is 10.2. The number of anilines is 2. The number of nitrogens with zero attached hydrogens (tertiary/aromatic N) is 1. The van der Waals surface area contributed by atoms with E-state index in [9.17, 15) is 9.59 Å². The summed E-state index contributed by atoms with van der Waals surface area (Å²) in [7, 11) is 0. The van der Waals surface area contributed by atoms with Crippen LogP contribution in [0.2, 0.25) is 0 Å². The Morgan fingerprint density at radius 3 is 2.43 bits per heavy atom. The highest BCUT2D eigenvalue weighted by molar-refractivity contribution is 9.10. The van der Waals surface area contributed by atoms with Crippen LogP contribution in [0.4, 0.5) is 11.4 Å². The molecule has 1 N–H and O–H groups in total. The molecule has 0 aliphatic carbocycles. The predicted octanol–water partition coefficient (Wildman–Crippen LogP) is 4.89. The Balaban J connectivity index is 1.75. The van der Waals surface area contributed by atoms with Gasteiger partial charge in [-0.1, -0.05) is 41.9 Å². The van der Waals surface area contributed by atoms with Gasteiger partial charge in [0.15, 0.2) is 6.10 Å². The summed E-state index contributed by atoms with van der Waals surface area (Å²) < 4.78 is 6.67. The maximum absolute atomic E-state index is 12.7. The highest BCUT2D eigenvalue weighted by atomic mass is 79.9. The number of nitrogens with one attached hydrogen (secondary N) is 1. The van der Waals surface area contributed by atoms with E-state index in [-0.39, 0.29) is 11.8 Å². The van der Waals surface area contributed by atoms with Crippen molar-refractivity contribution in [2.24, 2.45) is 0 Å². The van der Waals surface area contributed by atoms with Crippen molar-refractivity contribution in [2.45, 2.75) is 46.1 Å². The van der Waals surface area contributed by atoms with Crippen LogP contribution in [0.1, 0.15) is 44.7 Å². The number of fused-ring (bicyclic) bond motifs is 1. The zero-order valence-corrected chi connectivity index (χ0v) is 18.2. The molecule has 6 heteroatoms. The summed E-state index contributed by atoms with van der Waals surface area (Å²) in [6.07, 6.45) is 0.0950. The smallest absolute Gasteiger partial charge is 0.265 e. The molecule has 0 spiro atoms. The van der Waals surface area contributed by atoms with Crippen LogP contribution in [0.5, 0.6) is 5.75 Å². The second-order valence-corrected chi connectivity index (χ2v) is 8.27. The van der Waals surface area contributed by atoms with E-state index in [2.05, 4.69) is 35.1 Å². The number of hydrogen-bond acceptors (Lipinski definition) is 3. The highest BCUT2D eigenvalue weighted by Gasteiger charge is 2.27. The third-order valence-electron chi connectivity index (χ3n) is 4.90.